The summed E-state index contributed by atoms with van der Waals surface area (Å²) in [5.74, 6) is 0. The number of hydroxylamine groups is 2. The lowest BCUT2D eigenvalue weighted by molar-refractivity contribution is -0.245. The van der Waals surface area contributed by atoms with E-state index in [0.717, 1.165) is 17.2 Å². The van der Waals surface area contributed by atoms with Gasteiger partial charge in [-0.15, -0.1) is 10.3 Å². The Morgan fingerprint density at radius 2 is 2.10 bits per heavy atom. The molecule has 0 aromatic carbocycles. The second-order valence-electron chi connectivity index (χ2n) is 6.49. The largest absolute Gasteiger partial charge is 0.358 e. The molecule has 115 valence electrons. The van der Waals surface area contributed by atoms with Gasteiger partial charge in [0.2, 0.25) is 0 Å². The molecule has 2 rings (SSSR count). The highest BCUT2D eigenvalue weighted by atomic mass is 35.5. The Kier molecular flexibility index (Phi) is 4.44. The molecule has 1 atom stereocenters. The number of anilines is 1. The van der Waals surface area contributed by atoms with Crippen molar-refractivity contribution in [1.82, 2.24) is 15.4 Å². The zero-order chi connectivity index (χ0) is 15.8. The second kappa shape index (κ2) is 5.68. The van der Waals surface area contributed by atoms with Crippen LogP contribution in [-0.2, 0) is 5.21 Å². The van der Waals surface area contributed by atoms with Crippen molar-refractivity contribution >= 4 is 34.6 Å². The van der Waals surface area contributed by atoms with Gasteiger partial charge in [-0.3, -0.25) is 0 Å². The third kappa shape index (κ3) is 3.45. The number of rotatable bonds is 2. The van der Waals surface area contributed by atoms with Gasteiger partial charge in [-0.2, -0.15) is 0 Å². The number of nitrogens with one attached hydrogen (secondary N) is 2. The Balaban J connectivity index is 2.01. The minimum Gasteiger partial charge on any atom is -0.358 e. The molecular weight excluding hydrogens is 308 g/mol. The molecule has 1 aliphatic rings. The molecule has 0 aliphatic carbocycles. The molecule has 0 spiro atoms. The van der Waals surface area contributed by atoms with Crippen molar-refractivity contribution in [3.63, 3.8) is 0 Å². The first-order valence-electron chi connectivity index (χ1n) is 6.79. The SMILES string of the molecule is CC1(C)CC(NC(=S)Nc2ccc(Cl)nc2)C(C)(C)N1[O]. The first-order chi connectivity index (χ1) is 9.63. The Hall–Kier alpha value is -0.950. The summed E-state index contributed by atoms with van der Waals surface area (Å²) in [6, 6.07) is 3.46. The van der Waals surface area contributed by atoms with Gasteiger partial charge in [0.1, 0.15) is 5.15 Å². The van der Waals surface area contributed by atoms with Crippen LogP contribution in [0.5, 0.6) is 0 Å². The van der Waals surface area contributed by atoms with Crippen LogP contribution < -0.4 is 10.6 Å². The van der Waals surface area contributed by atoms with E-state index in [2.05, 4.69) is 15.6 Å². The van der Waals surface area contributed by atoms with Gasteiger partial charge in [0.25, 0.3) is 0 Å². The van der Waals surface area contributed by atoms with Crippen LogP contribution in [0.4, 0.5) is 5.69 Å². The fourth-order valence-electron chi connectivity index (χ4n) is 2.76. The smallest absolute Gasteiger partial charge is 0.171 e. The molecule has 2 heterocycles. The minimum atomic E-state index is -0.520. The van der Waals surface area contributed by atoms with E-state index in [-0.39, 0.29) is 6.04 Å². The van der Waals surface area contributed by atoms with Gasteiger partial charge in [0, 0.05) is 5.54 Å². The second-order valence-corrected chi connectivity index (χ2v) is 7.28. The molecule has 0 amide bonds. The van der Waals surface area contributed by atoms with Crippen LogP contribution in [0, 0.1) is 0 Å². The van der Waals surface area contributed by atoms with Crippen molar-refractivity contribution in [3.05, 3.63) is 23.5 Å². The van der Waals surface area contributed by atoms with Crippen LogP contribution in [-0.4, -0.2) is 32.3 Å². The van der Waals surface area contributed by atoms with E-state index < -0.39 is 11.1 Å². The molecule has 1 unspecified atom stereocenters. The third-order valence-electron chi connectivity index (χ3n) is 3.92. The Labute approximate surface area is 135 Å². The van der Waals surface area contributed by atoms with Crippen molar-refractivity contribution in [2.24, 2.45) is 0 Å². The predicted molar refractivity (Wildman–Crippen MR) is 87.7 cm³/mol. The maximum atomic E-state index is 12.3. The summed E-state index contributed by atoms with van der Waals surface area (Å²) >= 11 is 11.1. The Morgan fingerprint density at radius 1 is 1.43 bits per heavy atom. The number of halogens is 1. The molecule has 0 bridgehead atoms. The highest BCUT2D eigenvalue weighted by molar-refractivity contribution is 7.80. The topological polar surface area (TPSA) is 60.1 Å². The molecule has 21 heavy (non-hydrogen) atoms. The lowest BCUT2D eigenvalue weighted by Crippen LogP contribution is -2.53. The van der Waals surface area contributed by atoms with E-state index in [1.807, 2.05) is 27.7 Å². The Bertz CT molecular complexity index is 532. The van der Waals surface area contributed by atoms with Gasteiger partial charge in [0.05, 0.1) is 23.5 Å². The zero-order valence-corrected chi connectivity index (χ0v) is 14.2. The van der Waals surface area contributed by atoms with Crippen molar-refractivity contribution in [1.29, 1.82) is 0 Å². The van der Waals surface area contributed by atoms with Crippen LogP contribution in [0.3, 0.4) is 0 Å². The lowest BCUT2D eigenvalue weighted by atomic mass is 9.94. The van der Waals surface area contributed by atoms with E-state index in [0.29, 0.717) is 10.3 Å². The van der Waals surface area contributed by atoms with Crippen LogP contribution in [0.1, 0.15) is 34.1 Å². The number of pyridine rings is 1. The summed E-state index contributed by atoms with van der Waals surface area (Å²) in [6.07, 6.45) is 2.34. The van der Waals surface area contributed by atoms with Gasteiger partial charge >= 0.3 is 0 Å². The maximum absolute atomic E-state index is 12.3. The molecule has 1 saturated heterocycles. The minimum absolute atomic E-state index is 0.0229. The van der Waals surface area contributed by atoms with E-state index in [1.54, 1.807) is 18.3 Å². The number of hydrogen-bond acceptors (Lipinski definition) is 3. The first kappa shape index (κ1) is 16.4. The fraction of sp³-hybridized carbons (Fsp3) is 0.571. The van der Waals surface area contributed by atoms with Crippen molar-refractivity contribution in [2.75, 3.05) is 5.32 Å². The first-order valence-corrected chi connectivity index (χ1v) is 7.58. The molecule has 5 nitrogen and oxygen atoms in total. The van der Waals surface area contributed by atoms with E-state index in [4.69, 9.17) is 23.8 Å². The average Bonchev–Trinajstić information content (AvgIpc) is 2.53. The number of thiocarbonyl (C=S) groups is 1. The molecule has 1 fully saturated rings. The van der Waals surface area contributed by atoms with Gasteiger partial charge in [-0.25, -0.2) is 4.98 Å². The molecule has 2 N–H and O–H groups in total. The standard InChI is InChI=1S/C14H20ClN4OS/c1-13(2)7-10(14(3,4)19(13)20)18-12(21)17-9-5-6-11(15)16-8-9/h5-6,8,10H,7H2,1-4H3,(H2,17,18,21). The van der Waals surface area contributed by atoms with E-state index in [1.165, 1.54) is 0 Å². The summed E-state index contributed by atoms with van der Waals surface area (Å²) in [7, 11) is 0. The quantitative estimate of drug-likeness (QED) is 0.646. The van der Waals surface area contributed by atoms with E-state index in [9.17, 15) is 5.21 Å². The van der Waals surface area contributed by atoms with E-state index >= 15 is 0 Å². The summed E-state index contributed by atoms with van der Waals surface area (Å²) in [4.78, 5) is 3.99. The van der Waals surface area contributed by atoms with Crippen molar-refractivity contribution < 1.29 is 5.21 Å². The maximum Gasteiger partial charge on any atom is 0.171 e. The predicted octanol–water partition coefficient (Wildman–Crippen LogP) is 3.00. The number of nitrogens with zero attached hydrogens (tertiary/aromatic N) is 2. The summed E-state index contributed by atoms with van der Waals surface area (Å²) in [5.41, 5.74) is -0.169. The molecule has 1 radical (unpaired) electrons. The normalized spacial score (nSPS) is 23.8. The van der Waals surface area contributed by atoms with Crippen molar-refractivity contribution in [3.8, 4) is 0 Å². The van der Waals surface area contributed by atoms with Crippen molar-refractivity contribution in [2.45, 2.75) is 51.2 Å². The van der Waals surface area contributed by atoms with Gasteiger partial charge < -0.3 is 10.6 Å². The van der Waals surface area contributed by atoms with Gasteiger partial charge in [-0.1, -0.05) is 11.6 Å². The highest BCUT2D eigenvalue weighted by Crippen LogP contribution is 2.39. The van der Waals surface area contributed by atoms with Gasteiger partial charge in [-0.05, 0) is 58.5 Å². The monoisotopic (exact) mass is 327 g/mol. The van der Waals surface area contributed by atoms with Gasteiger partial charge in [0.15, 0.2) is 5.11 Å². The summed E-state index contributed by atoms with van der Waals surface area (Å²) in [6.45, 7) is 7.75. The molecule has 1 aromatic heterocycles. The molecule has 1 aliphatic heterocycles. The molecule has 7 heteroatoms. The van der Waals surface area contributed by atoms with Crippen LogP contribution in [0.15, 0.2) is 18.3 Å². The molecule has 0 saturated carbocycles. The fourth-order valence-corrected chi connectivity index (χ4v) is 3.13. The summed E-state index contributed by atoms with van der Waals surface area (Å²) in [5, 5.41) is 20.7. The molecule has 1 aromatic rings. The van der Waals surface area contributed by atoms with Crippen LogP contribution in [0.2, 0.25) is 5.15 Å². The third-order valence-corrected chi connectivity index (χ3v) is 4.36. The molecular formula is C14H20ClN4OS. The zero-order valence-electron chi connectivity index (χ0n) is 12.6. The number of hydrogen-bond donors (Lipinski definition) is 2. The Morgan fingerprint density at radius 3 is 2.57 bits per heavy atom. The number of aromatic nitrogens is 1. The van der Waals surface area contributed by atoms with Crippen LogP contribution >= 0.6 is 23.8 Å². The summed E-state index contributed by atoms with van der Waals surface area (Å²) < 4.78 is 0. The average molecular weight is 328 g/mol. The van der Waals surface area contributed by atoms with Crippen LogP contribution in [0.25, 0.3) is 0 Å². The highest BCUT2D eigenvalue weighted by Gasteiger charge is 2.52. The lowest BCUT2D eigenvalue weighted by Gasteiger charge is -2.34.